The largest absolute Gasteiger partial charge is 0.345 e. The summed E-state index contributed by atoms with van der Waals surface area (Å²) in [6.45, 7) is 5.21. The number of aromatic amines is 1. The fourth-order valence-corrected chi connectivity index (χ4v) is 5.95. The van der Waals surface area contributed by atoms with Gasteiger partial charge in [-0.2, -0.15) is 0 Å². The lowest BCUT2D eigenvalue weighted by atomic mass is 9.87. The van der Waals surface area contributed by atoms with Gasteiger partial charge in [-0.05, 0) is 49.3 Å². The lowest BCUT2D eigenvalue weighted by molar-refractivity contribution is 0.209. The van der Waals surface area contributed by atoms with Crippen LogP contribution in [0.4, 0.5) is 0 Å². The Morgan fingerprint density at radius 3 is 2.93 bits per heavy atom. The van der Waals surface area contributed by atoms with Crippen LogP contribution in [-0.2, 0) is 16.4 Å². The van der Waals surface area contributed by atoms with Crippen molar-refractivity contribution in [2.24, 2.45) is 11.8 Å². The molecule has 0 aromatic carbocycles. The number of aromatic nitrogens is 4. The zero-order chi connectivity index (χ0) is 20.4. The molecule has 8 heteroatoms. The quantitative estimate of drug-likeness (QED) is 0.670. The molecule has 1 aliphatic rings. The predicted molar refractivity (Wildman–Crippen MR) is 114 cm³/mol. The van der Waals surface area contributed by atoms with E-state index in [1.807, 2.05) is 31.3 Å². The van der Waals surface area contributed by atoms with E-state index in [4.69, 9.17) is 4.98 Å². The van der Waals surface area contributed by atoms with Crippen LogP contribution in [0, 0.1) is 11.8 Å². The number of fused-ring (bicyclic) bond motifs is 1. The zero-order valence-corrected chi connectivity index (χ0v) is 17.7. The van der Waals surface area contributed by atoms with Gasteiger partial charge in [-0.25, -0.2) is 22.7 Å². The fraction of sp³-hybridized carbons (Fsp3) is 0.476. The molecule has 2 atom stereocenters. The van der Waals surface area contributed by atoms with Gasteiger partial charge in [0.25, 0.3) is 0 Å². The van der Waals surface area contributed by atoms with Crippen LogP contribution in [0.5, 0.6) is 0 Å². The maximum Gasteiger partial charge on any atom is 0.214 e. The van der Waals surface area contributed by atoms with Gasteiger partial charge in [-0.1, -0.05) is 13.8 Å². The van der Waals surface area contributed by atoms with Crippen LogP contribution in [0.15, 0.2) is 36.8 Å². The fourth-order valence-electron chi connectivity index (χ4n) is 4.26. The van der Waals surface area contributed by atoms with E-state index in [-0.39, 0.29) is 11.7 Å². The summed E-state index contributed by atoms with van der Waals surface area (Å²) in [4.78, 5) is 16.8. The van der Waals surface area contributed by atoms with Crippen LogP contribution in [0.25, 0.3) is 22.4 Å². The molecule has 0 radical (unpaired) electrons. The third-order valence-electron chi connectivity index (χ3n) is 5.48. The molecule has 1 fully saturated rings. The first-order valence-corrected chi connectivity index (χ1v) is 11.8. The molecule has 154 valence electrons. The Kier molecular flexibility index (Phi) is 5.65. The highest BCUT2D eigenvalue weighted by molar-refractivity contribution is 7.89. The van der Waals surface area contributed by atoms with Crippen molar-refractivity contribution in [3.05, 3.63) is 42.5 Å². The number of hydrogen-bond donors (Lipinski definition) is 1. The highest BCUT2D eigenvalue weighted by atomic mass is 32.2. The molecule has 4 heterocycles. The Morgan fingerprint density at radius 1 is 1.24 bits per heavy atom. The first-order valence-electron chi connectivity index (χ1n) is 10.2. The Morgan fingerprint density at radius 2 is 2.10 bits per heavy atom. The Labute approximate surface area is 171 Å². The van der Waals surface area contributed by atoms with Crippen molar-refractivity contribution < 1.29 is 8.42 Å². The topological polar surface area (TPSA) is 91.8 Å². The second-order valence-electron chi connectivity index (χ2n) is 8.01. The second kappa shape index (κ2) is 8.20. The Hall–Kier alpha value is -2.32. The van der Waals surface area contributed by atoms with Crippen molar-refractivity contribution in [1.29, 1.82) is 0 Å². The third-order valence-corrected chi connectivity index (χ3v) is 7.49. The molecule has 3 aromatic heterocycles. The summed E-state index contributed by atoms with van der Waals surface area (Å²) in [5.74, 6) is 0.791. The summed E-state index contributed by atoms with van der Waals surface area (Å²) in [6.07, 6.45) is 7.75. The average molecular weight is 414 g/mol. The minimum absolute atomic E-state index is 0.216. The van der Waals surface area contributed by atoms with Crippen molar-refractivity contribution in [2.45, 2.75) is 33.1 Å². The summed E-state index contributed by atoms with van der Waals surface area (Å²) in [5.41, 5.74) is 4.28. The van der Waals surface area contributed by atoms with E-state index in [9.17, 15) is 8.42 Å². The minimum Gasteiger partial charge on any atom is -0.345 e. The van der Waals surface area contributed by atoms with E-state index in [0.717, 1.165) is 41.0 Å². The van der Waals surface area contributed by atoms with E-state index in [0.29, 0.717) is 25.4 Å². The molecule has 0 bridgehead atoms. The molecule has 0 amide bonds. The average Bonchev–Trinajstić information content (AvgIpc) is 3.16. The maximum atomic E-state index is 12.6. The number of sulfonamides is 1. The SMILES string of the molecule is CCCS(=O)(=O)N1C[C@@H](C)C[C@H](Cc2ncccc2-c2cnc3[nH]ccc3n2)C1. The molecular weight excluding hydrogens is 386 g/mol. The van der Waals surface area contributed by atoms with Crippen LogP contribution in [0.1, 0.15) is 32.4 Å². The van der Waals surface area contributed by atoms with Gasteiger partial charge < -0.3 is 4.98 Å². The van der Waals surface area contributed by atoms with Gasteiger partial charge in [-0.3, -0.25) is 4.98 Å². The highest BCUT2D eigenvalue weighted by Gasteiger charge is 2.32. The molecular formula is C21H27N5O2S. The number of hydrogen-bond acceptors (Lipinski definition) is 5. The second-order valence-corrected chi connectivity index (χ2v) is 10.1. The van der Waals surface area contributed by atoms with Gasteiger partial charge in [0.1, 0.15) is 5.52 Å². The first kappa shape index (κ1) is 20.0. The van der Waals surface area contributed by atoms with Gasteiger partial charge in [0.2, 0.25) is 10.0 Å². The Bertz CT molecular complexity index is 1100. The van der Waals surface area contributed by atoms with Crippen molar-refractivity contribution in [1.82, 2.24) is 24.2 Å². The molecule has 7 nitrogen and oxygen atoms in total. The van der Waals surface area contributed by atoms with Gasteiger partial charge >= 0.3 is 0 Å². The highest BCUT2D eigenvalue weighted by Crippen LogP contribution is 2.30. The lowest BCUT2D eigenvalue weighted by Gasteiger charge is -2.35. The molecule has 1 N–H and O–H groups in total. The summed E-state index contributed by atoms with van der Waals surface area (Å²) in [5, 5.41) is 0. The van der Waals surface area contributed by atoms with E-state index in [1.165, 1.54) is 0 Å². The minimum atomic E-state index is -3.18. The van der Waals surface area contributed by atoms with Crippen molar-refractivity contribution in [3.8, 4) is 11.3 Å². The van der Waals surface area contributed by atoms with Gasteiger partial charge in [0.15, 0.2) is 5.65 Å². The maximum absolute atomic E-state index is 12.6. The van der Waals surface area contributed by atoms with Gasteiger partial charge in [-0.15, -0.1) is 0 Å². The molecule has 3 aromatic rings. The van der Waals surface area contributed by atoms with Crippen molar-refractivity contribution in [2.75, 3.05) is 18.8 Å². The predicted octanol–water partition coefficient (Wildman–Crippen LogP) is 3.26. The zero-order valence-electron chi connectivity index (χ0n) is 16.9. The number of rotatable bonds is 6. The molecule has 0 saturated carbocycles. The summed E-state index contributed by atoms with van der Waals surface area (Å²) in [6, 6.07) is 5.83. The molecule has 1 saturated heterocycles. The van der Waals surface area contributed by atoms with Gasteiger partial charge in [0.05, 0.1) is 23.3 Å². The number of H-pyrrole nitrogens is 1. The third kappa shape index (κ3) is 4.33. The number of nitrogens with one attached hydrogen (secondary N) is 1. The smallest absolute Gasteiger partial charge is 0.214 e. The molecule has 0 spiro atoms. The number of nitrogens with zero attached hydrogens (tertiary/aromatic N) is 4. The van der Waals surface area contributed by atoms with Crippen LogP contribution >= 0.6 is 0 Å². The van der Waals surface area contributed by atoms with E-state index >= 15 is 0 Å². The molecule has 4 rings (SSSR count). The van der Waals surface area contributed by atoms with E-state index in [2.05, 4.69) is 21.9 Å². The molecule has 0 aliphatic carbocycles. The lowest BCUT2D eigenvalue weighted by Crippen LogP contribution is -2.44. The van der Waals surface area contributed by atoms with Crippen LogP contribution in [0.2, 0.25) is 0 Å². The summed E-state index contributed by atoms with van der Waals surface area (Å²) in [7, 11) is -3.18. The van der Waals surface area contributed by atoms with Crippen LogP contribution < -0.4 is 0 Å². The standard InChI is InChI=1S/C21H27N5O2S/c1-3-9-29(27,28)26-13-15(2)10-16(14-26)11-19-17(5-4-7-22-19)20-12-24-21-18(25-20)6-8-23-21/h4-8,12,15-16H,3,9-11,13-14H2,1-2H3,(H,23,24)/t15-,16+/m0/s1. The molecule has 0 unspecified atom stereocenters. The Balaban J connectivity index is 1.59. The first-order chi connectivity index (χ1) is 14.0. The van der Waals surface area contributed by atoms with Crippen molar-refractivity contribution in [3.63, 3.8) is 0 Å². The van der Waals surface area contributed by atoms with Crippen LogP contribution in [0.3, 0.4) is 0 Å². The number of piperidine rings is 1. The molecule has 1 aliphatic heterocycles. The van der Waals surface area contributed by atoms with Crippen LogP contribution in [-0.4, -0.2) is 51.5 Å². The monoisotopic (exact) mass is 413 g/mol. The summed E-state index contributed by atoms with van der Waals surface area (Å²) >= 11 is 0. The number of pyridine rings is 1. The van der Waals surface area contributed by atoms with E-state index < -0.39 is 10.0 Å². The normalized spacial score (nSPS) is 20.9. The summed E-state index contributed by atoms with van der Waals surface area (Å²) < 4.78 is 26.9. The van der Waals surface area contributed by atoms with Gasteiger partial charge in [0, 0.05) is 31.0 Å². The molecule has 29 heavy (non-hydrogen) atoms. The van der Waals surface area contributed by atoms with E-state index in [1.54, 1.807) is 16.7 Å². The van der Waals surface area contributed by atoms with Crippen molar-refractivity contribution >= 4 is 21.2 Å².